The number of halogens is 1. The minimum atomic E-state index is -3.96. The Bertz CT molecular complexity index is 1570. The van der Waals surface area contributed by atoms with E-state index < -0.39 is 10.0 Å². The quantitative estimate of drug-likeness (QED) is 0.349. The van der Waals surface area contributed by atoms with Crippen LogP contribution in [0.4, 0.5) is 10.9 Å². The molecule has 3 heterocycles. The van der Waals surface area contributed by atoms with Gasteiger partial charge in [-0.1, -0.05) is 22.9 Å². The number of morpholine rings is 1. The molecule has 188 valence electrons. The standard InChI is InChI=1S/C24H19ClN6O4S2/c25-18-1-3-22(20(13-18)16-5-6-27-23(12-16)31-7-9-34-10-8-31)35-21-4-2-19(11-17(21)14-26)37(32,33)30-24-29-28-15-36-24/h1-6,11-13,15H,7-10H2,(H,29,30). The molecule has 0 bridgehead atoms. The van der Waals surface area contributed by atoms with E-state index in [0.717, 1.165) is 35.8 Å². The minimum Gasteiger partial charge on any atom is -0.455 e. The number of benzene rings is 2. The molecule has 2 aromatic carbocycles. The second-order valence-electron chi connectivity index (χ2n) is 7.86. The number of ether oxygens (including phenoxy) is 2. The van der Waals surface area contributed by atoms with Gasteiger partial charge in [-0.05, 0) is 54.1 Å². The Labute approximate surface area is 222 Å². The van der Waals surface area contributed by atoms with Gasteiger partial charge >= 0.3 is 0 Å². The fourth-order valence-corrected chi connectivity index (χ4v) is 5.62. The van der Waals surface area contributed by atoms with E-state index in [1.54, 1.807) is 24.4 Å². The van der Waals surface area contributed by atoms with Crippen LogP contribution in [0.1, 0.15) is 5.56 Å². The number of nitriles is 1. The first-order valence-electron chi connectivity index (χ1n) is 11.0. The van der Waals surface area contributed by atoms with Crippen LogP contribution in [0.3, 0.4) is 0 Å². The molecule has 13 heteroatoms. The predicted molar refractivity (Wildman–Crippen MR) is 140 cm³/mol. The van der Waals surface area contributed by atoms with Crippen molar-refractivity contribution < 1.29 is 17.9 Å². The molecule has 37 heavy (non-hydrogen) atoms. The molecule has 1 aliphatic heterocycles. The Morgan fingerprint density at radius 3 is 2.68 bits per heavy atom. The smallest absolute Gasteiger partial charge is 0.263 e. The van der Waals surface area contributed by atoms with Crippen molar-refractivity contribution in [3.63, 3.8) is 0 Å². The molecule has 0 aliphatic carbocycles. The first kappa shape index (κ1) is 24.9. The van der Waals surface area contributed by atoms with E-state index in [2.05, 4.69) is 24.8 Å². The fourth-order valence-electron chi connectivity index (χ4n) is 3.73. The zero-order valence-electron chi connectivity index (χ0n) is 19.2. The first-order valence-corrected chi connectivity index (χ1v) is 13.8. The summed E-state index contributed by atoms with van der Waals surface area (Å²) in [6.07, 6.45) is 1.72. The summed E-state index contributed by atoms with van der Waals surface area (Å²) in [4.78, 5) is 6.53. The van der Waals surface area contributed by atoms with Crippen molar-refractivity contribution >= 4 is 43.9 Å². The van der Waals surface area contributed by atoms with E-state index in [4.69, 9.17) is 21.1 Å². The lowest BCUT2D eigenvalue weighted by Gasteiger charge is -2.28. The van der Waals surface area contributed by atoms with Gasteiger partial charge in [-0.15, -0.1) is 10.2 Å². The van der Waals surface area contributed by atoms with Gasteiger partial charge in [0.2, 0.25) is 5.13 Å². The summed E-state index contributed by atoms with van der Waals surface area (Å²) < 4.78 is 39.3. The molecule has 1 saturated heterocycles. The monoisotopic (exact) mass is 554 g/mol. The molecule has 0 atom stereocenters. The average Bonchev–Trinajstić information content (AvgIpc) is 3.42. The van der Waals surface area contributed by atoms with Crippen LogP contribution in [-0.2, 0) is 14.8 Å². The average molecular weight is 555 g/mol. The molecule has 0 unspecified atom stereocenters. The summed E-state index contributed by atoms with van der Waals surface area (Å²) in [6.45, 7) is 2.75. The lowest BCUT2D eigenvalue weighted by Crippen LogP contribution is -2.36. The number of pyridine rings is 1. The van der Waals surface area contributed by atoms with Crippen molar-refractivity contribution in [2.45, 2.75) is 4.90 Å². The van der Waals surface area contributed by atoms with Crippen LogP contribution < -0.4 is 14.4 Å². The van der Waals surface area contributed by atoms with Crippen LogP contribution >= 0.6 is 22.9 Å². The Hall–Kier alpha value is -3.76. The number of sulfonamides is 1. The second-order valence-corrected chi connectivity index (χ2v) is 10.8. The lowest BCUT2D eigenvalue weighted by molar-refractivity contribution is 0.122. The second kappa shape index (κ2) is 10.7. The molecule has 5 rings (SSSR count). The van der Waals surface area contributed by atoms with Crippen molar-refractivity contribution in [3.8, 4) is 28.7 Å². The van der Waals surface area contributed by atoms with Crippen molar-refractivity contribution in [1.82, 2.24) is 15.2 Å². The van der Waals surface area contributed by atoms with E-state index >= 15 is 0 Å². The maximum Gasteiger partial charge on any atom is 0.263 e. The molecule has 1 N–H and O–H groups in total. The van der Waals surface area contributed by atoms with Gasteiger partial charge in [0.25, 0.3) is 10.0 Å². The summed E-state index contributed by atoms with van der Waals surface area (Å²) in [5.74, 6) is 1.45. The van der Waals surface area contributed by atoms with Crippen molar-refractivity contribution in [1.29, 1.82) is 5.26 Å². The van der Waals surface area contributed by atoms with Gasteiger partial charge in [-0.3, -0.25) is 4.72 Å². The molecular formula is C24H19ClN6O4S2. The molecular weight excluding hydrogens is 536 g/mol. The maximum absolute atomic E-state index is 12.7. The number of nitrogens with one attached hydrogen (secondary N) is 1. The van der Waals surface area contributed by atoms with Crippen LogP contribution in [0, 0.1) is 11.3 Å². The molecule has 0 radical (unpaired) electrons. The lowest BCUT2D eigenvalue weighted by atomic mass is 10.1. The summed E-state index contributed by atoms with van der Waals surface area (Å²) in [7, 11) is -3.96. The number of rotatable bonds is 7. The summed E-state index contributed by atoms with van der Waals surface area (Å²) in [5, 5.41) is 17.7. The molecule has 1 fully saturated rings. The normalized spacial score (nSPS) is 13.7. The Morgan fingerprint density at radius 1 is 1.11 bits per heavy atom. The Balaban J connectivity index is 1.46. The number of hydrogen-bond donors (Lipinski definition) is 1. The van der Waals surface area contributed by atoms with Crippen LogP contribution in [0.2, 0.25) is 5.02 Å². The Kier molecular flexibility index (Phi) is 7.20. The van der Waals surface area contributed by atoms with Crippen molar-refractivity contribution in [3.05, 3.63) is 70.8 Å². The van der Waals surface area contributed by atoms with Crippen molar-refractivity contribution in [2.24, 2.45) is 0 Å². The summed E-state index contributed by atoms with van der Waals surface area (Å²) in [6, 6.07) is 15.0. The topological polar surface area (TPSA) is 130 Å². The third-order valence-corrected chi connectivity index (χ3v) is 7.82. The van der Waals surface area contributed by atoms with Crippen LogP contribution in [0.5, 0.6) is 11.5 Å². The molecule has 0 saturated carbocycles. The Morgan fingerprint density at radius 2 is 1.92 bits per heavy atom. The van der Waals surface area contributed by atoms with Crippen LogP contribution in [0.25, 0.3) is 11.1 Å². The van der Waals surface area contributed by atoms with Gasteiger partial charge in [-0.25, -0.2) is 13.4 Å². The van der Waals surface area contributed by atoms with E-state index in [0.29, 0.717) is 29.5 Å². The van der Waals surface area contributed by atoms with E-state index in [9.17, 15) is 13.7 Å². The minimum absolute atomic E-state index is 0.0461. The number of nitrogens with zero attached hydrogens (tertiary/aromatic N) is 5. The first-order chi connectivity index (χ1) is 17.9. The number of hydrogen-bond acceptors (Lipinski definition) is 10. The fraction of sp³-hybridized carbons (Fsp3) is 0.167. The predicted octanol–water partition coefficient (Wildman–Crippen LogP) is 4.55. The van der Waals surface area contributed by atoms with E-state index in [-0.39, 0.29) is 21.3 Å². The number of anilines is 2. The molecule has 1 aliphatic rings. The molecule has 2 aromatic heterocycles. The van der Waals surface area contributed by atoms with E-state index in [1.807, 2.05) is 18.2 Å². The van der Waals surface area contributed by atoms with Crippen LogP contribution in [0.15, 0.2) is 65.1 Å². The van der Waals surface area contributed by atoms with Gasteiger partial charge in [0.15, 0.2) is 0 Å². The van der Waals surface area contributed by atoms with Crippen LogP contribution in [-0.4, -0.2) is 49.9 Å². The largest absolute Gasteiger partial charge is 0.455 e. The SMILES string of the molecule is N#Cc1cc(S(=O)(=O)Nc2nncs2)ccc1Oc1ccc(Cl)cc1-c1ccnc(N2CCOCC2)c1. The van der Waals surface area contributed by atoms with Gasteiger partial charge in [0.05, 0.1) is 23.7 Å². The van der Waals surface area contributed by atoms with Gasteiger partial charge in [0.1, 0.15) is 28.9 Å². The van der Waals surface area contributed by atoms with Gasteiger partial charge in [-0.2, -0.15) is 5.26 Å². The molecule has 0 amide bonds. The highest BCUT2D eigenvalue weighted by molar-refractivity contribution is 7.93. The molecule has 4 aromatic rings. The third-order valence-electron chi connectivity index (χ3n) is 5.52. The zero-order valence-corrected chi connectivity index (χ0v) is 21.6. The van der Waals surface area contributed by atoms with Gasteiger partial charge in [0, 0.05) is 29.9 Å². The summed E-state index contributed by atoms with van der Waals surface area (Å²) in [5.41, 5.74) is 2.98. The van der Waals surface area contributed by atoms with Crippen molar-refractivity contribution in [2.75, 3.05) is 35.9 Å². The highest BCUT2D eigenvalue weighted by atomic mass is 35.5. The zero-order chi connectivity index (χ0) is 25.8. The molecule has 10 nitrogen and oxygen atoms in total. The summed E-state index contributed by atoms with van der Waals surface area (Å²) >= 11 is 7.36. The van der Waals surface area contributed by atoms with E-state index in [1.165, 1.54) is 23.7 Å². The highest BCUT2D eigenvalue weighted by Gasteiger charge is 2.20. The van der Waals surface area contributed by atoms with Gasteiger partial charge < -0.3 is 14.4 Å². The number of aromatic nitrogens is 3. The third kappa shape index (κ3) is 5.65. The molecule has 0 spiro atoms. The highest BCUT2D eigenvalue weighted by Crippen LogP contribution is 2.38. The maximum atomic E-state index is 12.7.